The van der Waals surface area contributed by atoms with E-state index in [1.54, 1.807) is 0 Å². The number of unbranched alkanes of at least 4 members (excludes halogenated alkanes) is 3. The summed E-state index contributed by atoms with van der Waals surface area (Å²) < 4.78 is 0. The molecule has 0 aromatic rings. The van der Waals surface area contributed by atoms with E-state index in [0.29, 0.717) is 13.0 Å². The number of carboxylic acids is 1. The summed E-state index contributed by atoms with van der Waals surface area (Å²) in [5.41, 5.74) is 0.562. The Morgan fingerprint density at radius 2 is 1.32 bits per heavy atom. The molecule has 0 aromatic carbocycles. The molecule has 164 valence electrons. The predicted octanol–water partition coefficient (Wildman–Crippen LogP) is 4.28. The number of carbonyl (C=O) groups is 3. The number of carboxylic acid groups (broad SMARTS) is 1. The molecule has 0 aliphatic carbocycles. The highest BCUT2D eigenvalue weighted by molar-refractivity contribution is 5.88. The molecule has 0 spiro atoms. The highest BCUT2D eigenvalue weighted by atomic mass is 16.4. The third-order valence-corrected chi connectivity index (χ3v) is 4.53. The molecule has 0 radical (unpaired) electrons. The molecule has 0 bridgehead atoms. The Hall–Kier alpha value is -1.59. The zero-order valence-electron chi connectivity index (χ0n) is 18.8. The van der Waals surface area contributed by atoms with Crippen LogP contribution in [0.2, 0.25) is 0 Å². The lowest BCUT2D eigenvalue weighted by molar-refractivity contribution is -0.143. The summed E-state index contributed by atoms with van der Waals surface area (Å²) in [5, 5.41) is 14.5. The van der Waals surface area contributed by atoms with Gasteiger partial charge in [-0.2, -0.15) is 0 Å². The SMILES string of the molecule is CC(C)(C)CCCCCC(=O)N[C@@H](CC(=O)NCCCCC(C)(C)C)C(=O)O. The molecule has 0 aliphatic rings. The lowest BCUT2D eigenvalue weighted by Gasteiger charge is -2.18. The van der Waals surface area contributed by atoms with Gasteiger partial charge in [0, 0.05) is 13.0 Å². The van der Waals surface area contributed by atoms with Crippen molar-refractivity contribution in [1.82, 2.24) is 10.6 Å². The molecule has 0 unspecified atom stereocenters. The summed E-state index contributed by atoms with van der Waals surface area (Å²) in [6.45, 7) is 13.6. The molecule has 0 heterocycles. The molecular weight excluding hydrogens is 356 g/mol. The standard InChI is InChI=1S/C22H42N2O4/c1-21(2,3)13-9-7-8-12-18(25)24-17(20(27)28)16-19(26)23-15-11-10-14-22(4,5)6/h17H,7-16H2,1-6H3,(H,23,26)(H,24,25)(H,27,28)/t17-/m0/s1. The van der Waals surface area contributed by atoms with Crippen LogP contribution >= 0.6 is 0 Å². The molecule has 0 rings (SSSR count). The van der Waals surface area contributed by atoms with Gasteiger partial charge in [0.1, 0.15) is 6.04 Å². The van der Waals surface area contributed by atoms with Crippen molar-refractivity contribution in [2.45, 2.75) is 105 Å². The van der Waals surface area contributed by atoms with Gasteiger partial charge in [0.05, 0.1) is 6.42 Å². The zero-order chi connectivity index (χ0) is 21.8. The van der Waals surface area contributed by atoms with Crippen molar-refractivity contribution in [3.8, 4) is 0 Å². The van der Waals surface area contributed by atoms with Gasteiger partial charge in [-0.25, -0.2) is 4.79 Å². The Balaban J connectivity index is 4.08. The van der Waals surface area contributed by atoms with Crippen molar-refractivity contribution >= 4 is 17.8 Å². The van der Waals surface area contributed by atoms with E-state index in [2.05, 4.69) is 52.2 Å². The van der Waals surface area contributed by atoms with Gasteiger partial charge >= 0.3 is 5.97 Å². The lowest BCUT2D eigenvalue weighted by Crippen LogP contribution is -2.44. The third kappa shape index (κ3) is 16.6. The Kier molecular flexibility index (Phi) is 12.1. The monoisotopic (exact) mass is 398 g/mol. The second-order valence-corrected chi connectivity index (χ2v) is 10.2. The van der Waals surface area contributed by atoms with E-state index < -0.39 is 12.0 Å². The molecule has 28 heavy (non-hydrogen) atoms. The van der Waals surface area contributed by atoms with Crippen LogP contribution in [0.1, 0.15) is 99.3 Å². The smallest absolute Gasteiger partial charge is 0.326 e. The molecule has 0 saturated heterocycles. The Labute approximate surface area is 171 Å². The van der Waals surface area contributed by atoms with Crippen LogP contribution in [0.25, 0.3) is 0 Å². The first-order valence-electron chi connectivity index (χ1n) is 10.6. The molecule has 6 nitrogen and oxygen atoms in total. The largest absolute Gasteiger partial charge is 0.480 e. The van der Waals surface area contributed by atoms with Gasteiger partial charge in [-0.05, 0) is 36.5 Å². The van der Waals surface area contributed by atoms with Crippen molar-refractivity contribution in [3.63, 3.8) is 0 Å². The highest BCUT2D eigenvalue weighted by Crippen LogP contribution is 2.22. The van der Waals surface area contributed by atoms with Gasteiger partial charge in [0.2, 0.25) is 11.8 Å². The number of carbonyl (C=O) groups excluding carboxylic acids is 2. The van der Waals surface area contributed by atoms with Gasteiger partial charge in [0.25, 0.3) is 0 Å². The fourth-order valence-corrected chi connectivity index (χ4v) is 2.85. The topological polar surface area (TPSA) is 95.5 Å². The maximum Gasteiger partial charge on any atom is 0.326 e. The van der Waals surface area contributed by atoms with Gasteiger partial charge in [-0.1, -0.05) is 60.8 Å². The van der Waals surface area contributed by atoms with Gasteiger partial charge < -0.3 is 15.7 Å². The van der Waals surface area contributed by atoms with Crippen LogP contribution in [0.5, 0.6) is 0 Å². The molecule has 3 N–H and O–H groups in total. The average molecular weight is 399 g/mol. The van der Waals surface area contributed by atoms with Crippen LogP contribution in [0.4, 0.5) is 0 Å². The average Bonchev–Trinajstić information content (AvgIpc) is 2.51. The zero-order valence-corrected chi connectivity index (χ0v) is 18.8. The molecule has 0 aromatic heterocycles. The number of hydrogen-bond acceptors (Lipinski definition) is 3. The first-order valence-corrected chi connectivity index (χ1v) is 10.6. The summed E-state index contributed by atoms with van der Waals surface area (Å²) >= 11 is 0. The van der Waals surface area contributed by atoms with E-state index in [9.17, 15) is 19.5 Å². The van der Waals surface area contributed by atoms with E-state index in [1.807, 2.05) is 0 Å². The van der Waals surface area contributed by atoms with E-state index in [1.165, 1.54) is 0 Å². The lowest BCUT2D eigenvalue weighted by atomic mass is 9.89. The Bertz CT molecular complexity index is 452. The fraction of sp³-hybridized carbons (Fsp3) is 0.864. The van der Waals surface area contributed by atoms with E-state index in [-0.39, 0.29) is 29.1 Å². The second kappa shape index (κ2) is 12.8. The summed E-state index contributed by atoms with van der Waals surface area (Å²) in [4.78, 5) is 35.3. The number of hydrogen-bond donors (Lipinski definition) is 3. The summed E-state index contributed by atoms with van der Waals surface area (Å²) in [5.74, 6) is -1.82. The minimum Gasteiger partial charge on any atom is -0.480 e. The predicted molar refractivity (Wildman–Crippen MR) is 113 cm³/mol. The minimum absolute atomic E-state index is 0.232. The van der Waals surface area contributed by atoms with Crippen molar-refractivity contribution in [1.29, 1.82) is 0 Å². The molecule has 0 aliphatic heterocycles. The van der Waals surface area contributed by atoms with Crippen LogP contribution in [0.15, 0.2) is 0 Å². The van der Waals surface area contributed by atoms with Gasteiger partial charge in [-0.15, -0.1) is 0 Å². The Morgan fingerprint density at radius 3 is 1.82 bits per heavy atom. The first-order chi connectivity index (χ1) is 12.8. The number of amides is 2. The van der Waals surface area contributed by atoms with Crippen molar-refractivity contribution in [2.75, 3.05) is 6.54 Å². The maximum absolute atomic E-state index is 12.0. The first kappa shape index (κ1) is 26.4. The van der Waals surface area contributed by atoms with E-state index >= 15 is 0 Å². The molecule has 2 amide bonds. The van der Waals surface area contributed by atoms with Crippen molar-refractivity contribution < 1.29 is 19.5 Å². The molecule has 6 heteroatoms. The third-order valence-electron chi connectivity index (χ3n) is 4.53. The highest BCUT2D eigenvalue weighted by Gasteiger charge is 2.23. The summed E-state index contributed by atoms with van der Waals surface area (Å²) in [6, 6.07) is -1.17. The second-order valence-electron chi connectivity index (χ2n) is 10.2. The number of nitrogens with one attached hydrogen (secondary N) is 2. The molecule has 0 saturated carbocycles. The fourth-order valence-electron chi connectivity index (χ4n) is 2.85. The summed E-state index contributed by atoms with van der Waals surface area (Å²) in [7, 11) is 0. The van der Waals surface area contributed by atoms with Crippen LogP contribution in [-0.2, 0) is 14.4 Å². The van der Waals surface area contributed by atoms with Crippen LogP contribution in [0, 0.1) is 10.8 Å². The normalized spacial score (nSPS) is 13.1. The van der Waals surface area contributed by atoms with Crippen LogP contribution < -0.4 is 10.6 Å². The van der Waals surface area contributed by atoms with Crippen molar-refractivity contribution in [2.24, 2.45) is 10.8 Å². The van der Waals surface area contributed by atoms with E-state index in [0.717, 1.165) is 44.9 Å². The maximum atomic E-state index is 12.0. The molecule has 0 fully saturated rings. The molecule has 1 atom stereocenters. The number of rotatable bonds is 13. The molecular formula is C22H42N2O4. The van der Waals surface area contributed by atoms with Gasteiger partial charge in [0.15, 0.2) is 0 Å². The minimum atomic E-state index is -1.18. The van der Waals surface area contributed by atoms with Crippen LogP contribution in [0.3, 0.4) is 0 Å². The Morgan fingerprint density at radius 1 is 0.786 bits per heavy atom. The van der Waals surface area contributed by atoms with Crippen LogP contribution in [-0.4, -0.2) is 35.5 Å². The quantitative estimate of drug-likeness (QED) is 0.404. The summed E-state index contributed by atoms with van der Waals surface area (Å²) in [6.07, 6.45) is 6.84. The van der Waals surface area contributed by atoms with Gasteiger partial charge in [-0.3, -0.25) is 9.59 Å². The van der Waals surface area contributed by atoms with E-state index in [4.69, 9.17) is 0 Å². The van der Waals surface area contributed by atoms with Crippen molar-refractivity contribution in [3.05, 3.63) is 0 Å². The number of aliphatic carboxylic acids is 1.